The van der Waals surface area contributed by atoms with Crippen LogP contribution >= 0.6 is 0 Å². The molecule has 0 spiro atoms. The van der Waals surface area contributed by atoms with Crippen LogP contribution in [0.3, 0.4) is 0 Å². The van der Waals surface area contributed by atoms with Gasteiger partial charge in [0, 0.05) is 39.3 Å². The number of hydrogen-bond acceptors (Lipinski definition) is 3. The van der Waals surface area contributed by atoms with Gasteiger partial charge in [0.15, 0.2) is 0 Å². The van der Waals surface area contributed by atoms with Gasteiger partial charge in [-0.25, -0.2) is 4.39 Å². The van der Waals surface area contributed by atoms with Crippen molar-refractivity contribution in [3.05, 3.63) is 71.0 Å². The lowest BCUT2D eigenvalue weighted by Crippen LogP contribution is -2.49. The topological polar surface area (TPSA) is 35.6 Å². The van der Waals surface area contributed by atoms with Crippen LogP contribution < -0.4 is 5.32 Å². The number of halogens is 4. The quantitative estimate of drug-likeness (QED) is 0.744. The fourth-order valence-electron chi connectivity index (χ4n) is 3.27. The van der Waals surface area contributed by atoms with Gasteiger partial charge >= 0.3 is 6.18 Å². The lowest BCUT2D eigenvalue weighted by molar-refractivity contribution is -0.137. The van der Waals surface area contributed by atoms with Crippen LogP contribution in [-0.4, -0.2) is 48.4 Å². The summed E-state index contributed by atoms with van der Waals surface area (Å²) >= 11 is 0. The molecule has 1 saturated heterocycles. The number of carbonyl (C=O) groups is 1. The average Bonchev–Trinajstić information content (AvgIpc) is 2.69. The second-order valence-corrected chi connectivity index (χ2v) is 7.15. The first kappa shape index (κ1) is 21.3. The second kappa shape index (κ2) is 9.37. The van der Waals surface area contributed by atoms with Gasteiger partial charge in [-0.05, 0) is 29.3 Å². The number of rotatable bonds is 6. The number of hydrogen-bond donors (Lipinski definition) is 1. The maximum atomic E-state index is 12.9. The first-order valence-corrected chi connectivity index (χ1v) is 9.41. The molecule has 0 aromatic heterocycles. The number of amides is 1. The van der Waals surface area contributed by atoms with E-state index in [0.717, 1.165) is 11.6 Å². The minimum atomic E-state index is -4.34. The molecule has 1 fully saturated rings. The summed E-state index contributed by atoms with van der Waals surface area (Å²) < 4.78 is 51.4. The van der Waals surface area contributed by atoms with Gasteiger partial charge in [-0.15, -0.1) is 0 Å². The number of carbonyl (C=O) groups excluding carboxylic acids is 1. The summed E-state index contributed by atoms with van der Waals surface area (Å²) in [5.41, 5.74) is 0.822. The van der Waals surface area contributed by atoms with E-state index in [0.29, 0.717) is 44.8 Å². The van der Waals surface area contributed by atoms with E-state index in [1.165, 1.54) is 24.3 Å². The summed E-state index contributed by atoms with van der Waals surface area (Å²) in [7, 11) is 0. The van der Waals surface area contributed by atoms with Gasteiger partial charge in [0.1, 0.15) is 5.82 Å². The number of piperazine rings is 1. The largest absolute Gasteiger partial charge is 0.416 e. The zero-order chi connectivity index (χ0) is 20.9. The molecule has 3 rings (SSSR count). The molecule has 0 aliphatic carbocycles. The van der Waals surface area contributed by atoms with E-state index >= 15 is 0 Å². The summed E-state index contributed by atoms with van der Waals surface area (Å²) in [6.07, 6.45) is -4.34. The molecule has 0 saturated carbocycles. The van der Waals surface area contributed by atoms with Gasteiger partial charge in [0.2, 0.25) is 5.91 Å². The summed E-state index contributed by atoms with van der Waals surface area (Å²) in [5, 5.41) is 2.81. The van der Waals surface area contributed by atoms with Crippen LogP contribution in [0.4, 0.5) is 17.6 Å². The van der Waals surface area contributed by atoms with Crippen molar-refractivity contribution >= 4 is 5.91 Å². The number of benzene rings is 2. The Hall–Kier alpha value is -2.45. The van der Waals surface area contributed by atoms with Crippen molar-refractivity contribution in [2.45, 2.75) is 19.3 Å². The van der Waals surface area contributed by atoms with Crippen molar-refractivity contribution in [3.63, 3.8) is 0 Å². The molecule has 156 valence electrons. The molecule has 1 heterocycles. The van der Waals surface area contributed by atoms with Gasteiger partial charge in [-0.3, -0.25) is 14.6 Å². The minimum absolute atomic E-state index is 0.111. The number of alkyl halides is 3. The molecule has 0 bridgehead atoms. The lowest BCUT2D eigenvalue weighted by atomic mass is 10.1. The van der Waals surface area contributed by atoms with Gasteiger partial charge < -0.3 is 5.32 Å². The van der Waals surface area contributed by atoms with E-state index in [2.05, 4.69) is 10.2 Å². The third-order valence-corrected chi connectivity index (χ3v) is 4.90. The molecular formula is C21H23F4N3O. The smallest absolute Gasteiger partial charge is 0.351 e. The Balaban J connectivity index is 1.41. The van der Waals surface area contributed by atoms with E-state index in [1.54, 1.807) is 18.2 Å². The summed E-state index contributed by atoms with van der Waals surface area (Å²) in [6, 6.07) is 11.4. The Labute approximate surface area is 167 Å². The monoisotopic (exact) mass is 409 g/mol. The molecule has 8 heteroatoms. The van der Waals surface area contributed by atoms with Crippen LogP contribution in [0.15, 0.2) is 48.5 Å². The van der Waals surface area contributed by atoms with Crippen LogP contribution in [0.2, 0.25) is 0 Å². The minimum Gasteiger partial charge on any atom is -0.351 e. The first-order chi connectivity index (χ1) is 13.8. The molecule has 0 atom stereocenters. The van der Waals surface area contributed by atoms with Gasteiger partial charge in [0.25, 0.3) is 0 Å². The summed E-state index contributed by atoms with van der Waals surface area (Å²) in [4.78, 5) is 16.2. The Morgan fingerprint density at radius 1 is 0.931 bits per heavy atom. The van der Waals surface area contributed by atoms with Crippen LogP contribution in [0, 0.1) is 5.82 Å². The average molecular weight is 409 g/mol. The van der Waals surface area contributed by atoms with Crippen molar-refractivity contribution in [3.8, 4) is 0 Å². The van der Waals surface area contributed by atoms with Crippen LogP contribution in [0.5, 0.6) is 0 Å². The third-order valence-electron chi connectivity index (χ3n) is 4.90. The Kier molecular flexibility index (Phi) is 6.87. The van der Waals surface area contributed by atoms with E-state index in [4.69, 9.17) is 0 Å². The van der Waals surface area contributed by atoms with Crippen molar-refractivity contribution in [1.82, 2.24) is 15.1 Å². The SMILES string of the molecule is O=C(CN1CCN(Cc2cccc(C(F)(F)F)c2)CC1)NCc1ccc(F)cc1. The van der Waals surface area contributed by atoms with Crippen LogP contribution in [0.1, 0.15) is 16.7 Å². The predicted octanol–water partition coefficient (Wildman–Crippen LogP) is 3.28. The summed E-state index contributed by atoms with van der Waals surface area (Å²) in [6.45, 7) is 3.76. The van der Waals surface area contributed by atoms with Crippen molar-refractivity contribution in [2.24, 2.45) is 0 Å². The molecule has 1 aliphatic heterocycles. The lowest BCUT2D eigenvalue weighted by Gasteiger charge is -2.34. The molecule has 2 aromatic carbocycles. The fraction of sp³-hybridized carbons (Fsp3) is 0.381. The third kappa shape index (κ3) is 6.54. The second-order valence-electron chi connectivity index (χ2n) is 7.15. The Morgan fingerprint density at radius 3 is 2.24 bits per heavy atom. The fourth-order valence-corrected chi connectivity index (χ4v) is 3.27. The highest BCUT2D eigenvalue weighted by molar-refractivity contribution is 5.78. The first-order valence-electron chi connectivity index (χ1n) is 9.41. The maximum absolute atomic E-state index is 12.9. The van der Waals surface area contributed by atoms with Gasteiger partial charge in [-0.1, -0.05) is 30.3 Å². The highest BCUT2D eigenvalue weighted by atomic mass is 19.4. The highest BCUT2D eigenvalue weighted by Crippen LogP contribution is 2.29. The molecule has 0 radical (unpaired) electrons. The Bertz CT molecular complexity index is 815. The molecule has 29 heavy (non-hydrogen) atoms. The molecule has 0 unspecified atom stereocenters. The molecular weight excluding hydrogens is 386 g/mol. The molecule has 4 nitrogen and oxygen atoms in total. The van der Waals surface area contributed by atoms with E-state index in [-0.39, 0.29) is 18.3 Å². The van der Waals surface area contributed by atoms with E-state index in [9.17, 15) is 22.4 Å². The zero-order valence-electron chi connectivity index (χ0n) is 15.9. The predicted molar refractivity (Wildman–Crippen MR) is 101 cm³/mol. The highest BCUT2D eigenvalue weighted by Gasteiger charge is 2.30. The van der Waals surface area contributed by atoms with E-state index in [1.807, 2.05) is 4.90 Å². The molecule has 1 amide bonds. The van der Waals surface area contributed by atoms with E-state index < -0.39 is 11.7 Å². The van der Waals surface area contributed by atoms with Gasteiger partial charge in [-0.2, -0.15) is 13.2 Å². The normalized spacial score (nSPS) is 16.0. The number of nitrogens with one attached hydrogen (secondary N) is 1. The zero-order valence-corrected chi connectivity index (χ0v) is 15.9. The van der Waals surface area contributed by atoms with Crippen molar-refractivity contribution in [2.75, 3.05) is 32.7 Å². The maximum Gasteiger partial charge on any atom is 0.416 e. The molecule has 2 aromatic rings. The van der Waals surface area contributed by atoms with Crippen LogP contribution in [-0.2, 0) is 24.1 Å². The Morgan fingerprint density at radius 2 is 1.59 bits per heavy atom. The standard InChI is InChI=1S/C21H23F4N3O/c22-19-6-4-16(5-7-19)13-26-20(29)15-28-10-8-27(9-11-28)14-17-2-1-3-18(12-17)21(23,24)25/h1-7,12H,8-11,13-15H2,(H,26,29). The number of nitrogens with zero attached hydrogens (tertiary/aromatic N) is 2. The molecule has 1 aliphatic rings. The van der Waals surface area contributed by atoms with Crippen molar-refractivity contribution < 1.29 is 22.4 Å². The van der Waals surface area contributed by atoms with Crippen molar-refractivity contribution in [1.29, 1.82) is 0 Å². The molecule has 1 N–H and O–H groups in total. The van der Waals surface area contributed by atoms with Crippen LogP contribution in [0.25, 0.3) is 0 Å². The summed E-state index contributed by atoms with van der Waals surface area (Å²) in [5.74, 6) is -0.427. The van der Waals surface area contributed by atoms with Gasteiger partial charge in [0.05, 0.1) is 12.1 Å².